The Hall–Kier alpha value is -1.17. The molecule has 0 bridgehead atoms. The van der Waals surface area contributed by atoms with Crippen LogP contribution in [0.25, 0.3) is 0 Å². The van der Waals surface area contributed by atoms with Crippen molar-refractivity contribution in [3.63, 3.8) is 0 Å². The lowest BCUT2D eigenvalue weighted by atomic mass is 10.1. The second-order valence-electron chi connectivity index (χ2n) is 3.94. The minimum atomic E-state index is -4.73. The van der Waals surface area contributed by atoms with E-state index in [1.54, 1.807) is 11.8 Å². The number of hydrogen-bond donors (Lipinski definition) is 0. The van der Waals surface area contributed by atoms with E-state index in [1.807, 2.05) is 0 Å². The van der Waals surface area contributed by atoms with Crippen LogP contribution in [0.4, 0.5) is 13.2 Å². The molecule has 6 heteroatoms. The highest BCUT2D eigenvalue weighted by Crippen LogP contribution is 2.30. The van der Waals surface area contributed by atoms with Gasteiger partial charge in [0.2, 0.25) is 0 Å². The molecule has 2 rings (SSSR count). The number of rotatable bonds is 3. The molecule has 0 amide bonds. The van der Waals surface area contributed by atoms with Crippen molar-refractivity contribution in [1.82, 2.24) is 0 Å². The molecule has 98 valence electrons. The molecular formula is C12H11F3O2S. The van der Waals surface area contributed by atoms with Crippen LogP contribution < -0.4 is 4.74 Å². The molecule has 1 aromatic carbocycles. The number of carbonyl (C=O) groups is 1. The van der Waals surface area contributed by atoms with E-state index in [1.165, 1.54) is 18.2 Å². The normalized spacial score (nSPS) is 19.8. The van der Waals surface area contributed by atoms with Crippen molar-refractivity contribution in [2.45, 2.75) is 24.5 Å². The van der Waals surface area contributed by atoms with Gasteiger partial charge < -0.3 is 4.74 Å². The summed E-state index contributed by atoms with van der Waals surface area (Å²) in [4.78, 5) is 12.0. The maximum Gasteiger partial charge on any atom is 0.573 e. The smallest absolute Gasteiger partial charge is 0.406 e. The van der Waals surface area contributed by atoms with E-state index in [4.69, 9.17) is 0 Å². The van der Waals surface area contributed by atoms with E-state index in [-0.39, 0.29) is 22.3 Å². The average molecular weight is 276 g/mol. The molecule has 1 unspecified atom stereocenters. The molecule has 1 fully saturated rings. The molecule has 1 heterocycles. The minimum Gasteiger partial charge on any atom is -0.406 e. The molecule has 0 spiro atoms. The number of ketones is 1. The summed E-state index contributed by atoms with van der Waals surface area (Å²) in [5.74, 6) is 0.455. The Morgan fingerprint density at radius 1 is 1.39 bits per heavy atom. The molecule has 0 radical (unpaired) electrons. The van der Waals surface area contributed by atoms with Gasteiger partial charge in [0.05, 0.1) is 5.25 Å². The first-order valence-corrected chi connectivity index (χ1v) is 6.52. The summed E-state index contributed by atoms with van der Waals surface area (Å²) in [7, 11) is 0. The summed E-state index contributed by atoms with van der Waals surface area (Å²) < 4.78 is 40.0. The van der Waals surface area contributed by atoms with Gasteiger partial charge in [-0.25, -0.2) is 0 Å². The highest BCUT2D eigenvalue weighted by molar-refractivity contribution is 8.00. The summed E-state index contributed by atoms with van der Waals surface area (Å²) in [6.45, 7) is 0. The first-order chi connectivity index (χ1) is 8.46. The molecule has 1 aliphatic rings. The Morgan fingerprint density at radius 3 is 2.78 bits per heavy atom. The summed E-state index contributed by atoms with van der Waals surface area (Å²) in [5, 5.41) is -0.133. The van der Waals surface area contributed by atoms with Gasteiger partial charge in [0, 0.05) is 5.56 Å². The lowest BCUT2D eigenvalue weighted by molar-refractivity contribution is -0.274. The van der Waals surface area contributed by atoms with Gasteiger partial charge in [-0.3, -0.25) is 4.79 Å². The molecule has 2 nitrogen and oxygen atoms in total. The second kappa shape index (κ2) is 5.22. The zero-order valence-corrected chi connectivity index (χ0v) is 10.2. The van der Waals surface area contributed by atoms with Gasteiger partial charge in [-0.2, -0.15) is 11.8 Å². The highest BCUT2D eigenvalue weighted by Gasteiger charge is 2.31. The van der Waals surface area contributed by atoms with Crippen molar-refractivity contribution in [2.24, 2.45) is 0 Å². The van der Waals surface area contributed by atoms with Crippen LogP contribution in [0.15, 0.2) is 24.3 Å². The van der Waals surface area contributed by atoms with Crippen LogP contribution in [0.1, 0.15) is 23.2 Å². The van der Waals surface area contributed by atoms with E-state index in [9.17, 15) is 18.0 Å². The van der Waals surface area contributed by atoms with Crippen molar-refractivity contribution in [2.75, 3.05) is 5.75 Å². The zero-order chi connectivity index (χ0) is 13.2. The third-order valence-corrected chi connectivity index (χ3v) is 3.95. The first kappa shape index (κ1) is 13.3. The minimum absolute atomic E-state index is 0.120. The molecule has 1 saturated heterocycles. The molecule has 0 N–H and O–H groups in total. The quantitative estimate of drug-likeness (QED) is 0.788. The Morgan fingerprint density at radius 2 is 2.17 bits per heavy atom. The SMILES string of the molecule is O=C(c1cccc(OC(F)(F)F)c1)C1CCCS1. The average Bonchev–Trinajstić information content (AvgIpc) is 2.79. The molecule has 0 saturated carbocycles. The molecular weight excluding hydrogens is 265 g/mol. The predicted octanol–water partition coefficient (Wildman–Crippen LogP) is 3.66. The fourth-order valence-corrected chi connectivity index (χ4v) is 3.06. The van der Waals surface area contributed by atoms with Crippen molar-refractivity contribution in [3.05, 3.63) is 29.8 Å². The lowest BCUT2D eigenvalue weighted by Crippen LogP contribution is -2.18. The van der Waals surface area contributed by atoms with Crippen LogP contribution in [0.5, 0.6) is 5.75 Å². The van der Waals surface area contributed by atoms with E-state index in [0.29, 0.717) is 0 Å². The molecule has 1 aromatic rings. The Kier molecular flexibility index (Phi) is 3.85. The molecule has 0 aliphatic carbocycles. The fraction of sp³-hybridized carbons (Fsp3) is 0.417. The Labute approximate surface area is 107 Å². The third kappa shape index (κ3) is 3.41. The van der Waals surface area contributed by atoms with Gasteiger partial charge in [-0.15, -0.1) is 13.2 Å². The summed E-state index contributed by atoms with van der Waals surface area (Å²) in [6.07, 6.45) is -2.97. The molecule has 1 atom stereocenters. The number of thioether (sulfide) groups is 1. The van der Waals surface area contributed by atoms with Gasteiger partial charge >= 0.3 is 6.36 Å². The zero-order valence-electron chi connectivity index (χ0n) is 9.37. The standard InChI is InChI=1S/C12H11F3O2S/c13-12(14,15)17-9-4-1-3-8(7-9)11(16)10-5-2-6-18-10/h1,3-4,7,10H,2,5-6H2. The predicted molar refractivity (Wildman–Crippen MR) is 62.9 cm³/mol. The largest absolute Gasteiger partial charge is 0.573 e. The van der Waals surface area contributed by atoms with Gasteiger partial charge in [-0.1, -0.05) is 12.1 Å². The number of hydrogen-bond acceptors (Lipinski definition) is 3. The fourth-order valence-electron chi connectivity index (χ4n) is 1.82. The number of ether oxygens (including phenoxy) is 1. The van der Waals surface area contributed by atoms with Gasteiger partial charge in [0.1, 0.15) is 5.75 Å². The van der Waals surface area contributed by atoms with E-state index < -0.39 is 6.36 Å². The number of halogens is 3. The topological polar surface area (TPSA) is 26.3 Å². The van der Waals surface area contributed by atoms with Gasteiger partial charge in [-0.05, 0) is 30.7 Å². The highest BCUT2D eigenvalue weighted by atomic mass is 32.2. The number of carbonyl (C=O) groups excluding carboxylic acids is 1. The Bertz CT molecular complexity index is 439. The van der Waals surface area contributed by atoms with Crippen molar-refractivity contribution in [3.8, 4) is 5.75 Å². The summed E-state index contributed by atoms with van der Waals surface area (Å²) >= 11 is 1.55. The third-order valence-electron chi connectivity index (χ3n) is 2.57. The maximum atomic E-state index is 12.1. The molecule has 18 heavy (non-hydrogen) atoms. The monoisotopic (exact) mass is 276 g/mol. The van der Waals surface area contributed by atoms with Crippen LogP contribution >= 0.6 is 11.8 Å². The van der Waals surface area contributed by atoms with Crippen molar-refractivity contribution < 1.29 is 22.7 Å². The van der Waals surface area contributed by atoms with E-state index >= 15 is 0 Å². The van der Waals surface area contributed by atoms with Crippen molar-refractivity contribution >= 4 is 17.5 Å². The van der Waals surface area contributed by atoms with Crippen molar-refractivity contribution in [1.29, 1.82) is 0 Å². The van der Waals surface area contributed by atoms with Crippen LogP contribution in [0.2, 0.25) is 0 Å². The first-order valence-electron chi connectivity index (χ1n) is 5.47. The van der Waals surface area contributed by atoms with Crippen LogP contribution in [-0.4, -0.2) is 23.1 Å². The second-order valence-corrected chi connectivity index (χ2v) is 5.25. The van der Waals surface area contributed by atoms with Gasteiger partial charge in [0.15, 0.2) is 5.78 Å². The molecule has 1 aliphatic heterocycles. The van der Waals surface area contributed by atoms with E-state index in [0.717, 1.165) is 24.7 Å². The number of benzene rings is 1. The summed E-state index contributed by atoms with van der Waals surface area (Å²) in [5.41, 5.74) is 0.274. The van der Waals surface area contributed by atoms with Crippen LogP contribution in [-0.2, 0) is 0 Å². The van der Waals surface area contributed by atoms with Gasteiger partial charge in [0.25, 0.3) is 0 Å². The van der Waals surface area contributed by atoms with E-state index in [2.05, 4.69) is 4.74 Å². The summed E-state index contributed by atoms with van der Waals surface area (Å²) in [6, 6.07) is 5.25. The maximum absolute atomic E-state index is 12.1. The number of alkyl halides is 3. The lowest BCUT2D eigenvalue weighted by Gasteiger charge is -2.11. The Balaban J connectivity index is 2.13. The number of Topliss-reactive ketones (excluding diaryl/α,β-unsaturated/α-hetero) is 1. The van der Waals surface area contributed by atoms with Crippen LogP contribution in [0, 0.1) is 0 Å². The molecule has 0 aromatic heterocycles. The van der Waals surface area contributed by atoms with Crippen LogP contribution in [0.3, 0.4) is 0 Å².